The molecule has 4 nitrogen and oxygen atoms in total. The normalized spacial score (nSPS) is 12.1. The second-order valence-corrected chi connectivity index (χ2v) is 6.54. The predicted molar refractivity (Wildman–Crippen MR) is 70.9 cm³/mol. The van der Waals surface area contributed by atoms with Gasteiger partial charge in [0.2, 0.25) is 10.0 Å². The predicted octanol–water partition coefficient (Wildman–Crippen LogP) is 2.51. The lowest BCUT2D eigenvalue weighted by Crippen LogP contribution is -2.27. The van der Waals surface area contributed by atoms with E-state index in [0.29, 0.717) is 6.54 Å². The molecule has 0 saturated carbocycles. The average molecular weight is 297 g/mol. The van der Waals surface area contributed by atoms with E-state index in [4.69, 9.17) is 28.9 Å². The molecule has 0 atom stereocenters. The summed E-state index contributed by atoms with van der Waals surface area (Å²) >= 11 is 11.6. The Morgan fingerprint density at radius 1 is 1.35 bits per heavy atom. The first-order valence-corrected chi connectivity index (χ1v) is 7.22. The Kier molecular flexibility index (Phi) is 4.66. The summed E-state index contributed by atoms with van der Waals surface area (Å²) in [5, 5.41) is 0.187. The largest absolute Gasteiger partial charge is 0.396 e. The SMILES string of the molecule is CC(C)CNS(=O)(=O)c1ccc(Cl)c(N)c1Cl. The van der Waals surface area contributed by atoms with E-state index < -0.39 is 10.0 Å². The number of nitrogen functional groups attached to an aromatic ring is 1. The second kappa shape index (κ2) is 5.44. The zero-order valence-electron chi connectivity index (χ0n) is 9.50. The van der Waals surface area contributed by atoms with E-state index in [2.05, 4.69) is 4.72 Å². The van der Waals surface area contributed by atoms with Gasteiger partial charge in [-0.05, 0) is 18.1 Å². The maximum atomic E-state index is 11.9. The van der Waals surface area contributed by atoms with Crippen molar-refractivity contribution in [2.75, 3.05) is 12.3 Å². The van der Waals surface area contributed by atoms with E-state index >= 15 is 0 Å². The molecule has 0 saturated heterocycles. The van der Waals surface area contributed by atoms with Gasteiger partial charge in [-0.3, -0.25) is 0 Å². The maximum absolute atomic E-state index is 11.9. The standard InChI is InChI=1S/C10H14Cl2N2O2S/c1-6(2)5-14-17(15,16)8-4-3-7(11)10(13)9(8)12/h3-4,6,14H,5,13H2,1-2H3. The summed E-state index contributed by atoms with van der Waals surface area (Å²) in [6.45, 7) is 4.14. The third-order valence-corrected chi connectivity index (χ3v) is 4.38. The van der Waals surface area contributed by atoms with Gasteiger partial charge in [-0.25, -0.2) is 13.1 Å². The number of rotatable bonds is 4. The summed E-state index contributed by atoms with van der Waals surface area (Å²) in [5.74, 6) is 0.202. The van der Waals surface area contributed by atoms with Crippen molar-refractivity contribution in [1.29, 1.82) is 0 Å². The Labute approximate surface area is 111 Å². The Bertz CT molecular complexity index is 515. The molecule has 0 aliphatic heterocycles. The first kappa shape index (κ1) is 14.6. The van der Waals surface area contributed by atoms with Crippen LogP contribution in [0.4, 0.5) is 5.69 Å². The lowest BCUT2D eigenvalue weighted by atomic mass is 10.2. The molecule has 17 heavy (non-hydrogen) atoms. The van der Waals surface area contributed by atoms with Crippen LogP contribution >= 0.6 is 23.2 Å². The Balaban J connectivity index is 3.12. The highest BCUT2D eigenvalue weighted by Crippen LogP contribution is 2.32. The minimum Gasteiger partial charge on any atom is -0.396 e. The van der Waals surface area contributed by atoms with Gasteiger partial charge in [0.05, 0.1) is 15.7 Å². The number of benzene rings is 1. The van der Waals surface area contributed by atoms with Crippen molar-refractivity contribution in [1.82, 2.24) is 4.72 Å². The monoisotopic (exact) mass is 296 g/mol. The fraction of sp³-hybridized carbons (Fsp3) is 0.400. The molecule has 0 unspecified atom stereocenters. The van der Waals surface area contributed by atoms with Gasteiger partial charge in [0, 0.05) is 6.54 Å². The van der Waals surface area contributed by atoms with E-state index in [1.807, 2.05) is 13.8 Å². The summed E-state index contributed by atoms with van der Waals surface area (Å²) in [7, 11) is -3.65. The fourth-order valence-corrected chi connectivity index (χ4v) is 3.09. The van der Waals surface area contributed by atoms with Crippen molar-refractivity contribution in [2.24, 2.45) is 5.92 Å². The number of hydrogen-bond acceptors (Lipinski definition) is 3. The van der Waals surface area contributed by atoms with Crippen molar-refractivity contribution >= 4 is 38.9 Å². The fourth-order valence-electron chi connectivity index (χ4n) is 1.11. The zero-order valence-corrected chi connectivity index (χ0v) is 11.8. The van der Waals surface area contributed by atoms with Crippen LogP contribution in [0.15, 0.2) is 17.0 Å². The molecule has 0 aromatic heterocycles. The Morgan fingerprint density at radius 3 is 2.47 bits per heavy atom. The number of sulfonamides is 1. The lowest BCUT2D eigenvalue weighted by Gasteiger charge is -2.11. The molecule has 0 aliphatic rings. The molecule has 0 aliphatic carbocycles. The lowest BCUT2D eigenvalue weighted by molar-refractivity contribution is 0.560. The molecule has 0 radical (unpaired) electrons. The van der Waals surface area contributed by atoms with Crippen LogP contribution in [0.25, 0.3) is 0 Å². The molecule has 1 aromatic rings. The third-order valence-electron chi connectivity index (χ3n) is 2.06. The van der Waals surface area contributed by atoms with E-state index in [9.17, 15) is 8.42 Å². The van der Waals surface area contributed by atoms with Crippen molar-refractivity contribution < 1.29 is 8.42 Å². The van der Waals surface area contributed by atoms with Crippen LogP contribution in [0.2, 0.25) is 10.0 Å². The Morgan fingerprint density at radius 2 is 1.94 bits per heavy atom. The molecule has 96 valence electrons. The number of anilines is 1. The maximum Gasteiger partial charge on any atom is 0.242 e. The zero-order chi connectivity index (χ0) is 13.2. The molecule has 7 heteroatoms. The summed E-state index contributed by atoms with van der Waals surface area (Å²) in [4.78, 5) is -0.0540. The van der Waals surface area contributed by atoms with Crippen molar-refractivity contribution in [3.05, 3.63) is 22.2 Å². The topological polar surface area (TPSA) is 72.2 Å². The smallest absolute Gasteiger partial charge is 0.242 e. The second-order valence-electron chi connectivity index (χ2n) is 4.02. The molecule has 0 fully saturated rings. The molecule has 0 spiro atoms. The third kappa shape index (κ3) is 3.48. The van der Waals surface area contributed by atoms with Crippen LogP contribution in [0, 0.1) is 5.92 Å². The van der Waals surface area contributed by atoms with Gasteiger partial charge < -0.3 is 5.73 Å². The van der Waals surface area contributed by atoms with E-state index in [-0.39, 0.29) is 26.5 Å². The molecule has 1 aromatic carbocycles. The van der Waals surface area contributed by atoms with Crippen LogP contribution in [0.5, 0.6) is 0 Å². The Hall–Kier alpha value is -0.490. The van der Waals surface area contributed by atoms with Crippen LogP contribution < -0.4 is 10.5 Å². The van der Waals surface area contributed by atoms with Crippen molar-refractivity contribution in [3.8, 4) is 0 Å². The molecule has 3 N–H and O–H groups in total. The van der Waals surface area contributed by atoms with Gasteiger partial charge in [0.15, 0.2) is 0 Å². The van der Waals surface area contributed by atoms with Crippen LogP contribution in [-0.2, 0) is 10.0 Å². The van der Waals surface area contributed by atoms with Gasteiger partial charge in [-0.15, -0.1) is 0 Å². The molecule has 0 amide bonds. The van der Waals surface area contributed by atoms with Crippen LogP contribution in [-0.4, -0.2) is 15.0 Å². The highest BCUT2D eigenvalue weighted by molar-refractivity contribution is 7.89. The number of nitrogens with two attached hydrogens (primary N) is 1. The molecule has 1 rings (SSSR count). The van der Waals surface area contributed by atoms with Gasteiger partial charge in [-0.1, -0.05) is 37.0 Å². The molecular formula is C10H14Cl2N2O2S. The van der Waals surface area contributed by atoms with Gasteiger partial charge >= 0.3 is 0 Å². The van der Waals surface area contributed by atoms with Crippen molar-refractivity contribution in [3.63, 3.8) is 0 Å². The van der Waals surface area contributed by atoms with E-state index in [0.717, 1.165) is 0 Å². The van der Waals surface area contributed by atoms with Crippen LogP contribution in [0.3, 0.4) is 0 Å². The van der Waals surface area contributed by atoms with Gasteiger partial charge in [0.25, 0.3) is 0 Å². The molecule has 0 heterocycles. The quantitative estimate of drug-likeness (QED) is 0.839. The van der Waals surface area contributed by atoms with E-state index in [1.54, 1.807) is 0 Å². The summed E-state index contributed by atoms with van der Waals surface area (Å²) in [6, 6.07) is 2.75. The number of hydrogen-bond donors (Lipinski definition) is 2. The van der Waals surface area contributed by atoms with Gasteiger partial charge in [0.1, 0.15) is 4.90 Å². The minimum absolute atomic E-state index is 0.0474. The first-order chi connectivity index (χ1) is 7.75. The molecule has 0 bridgehead atoms. The minimum atomic E-state index is -3.65. The summed E-state index contributed by atoms with van der Waals surface area (Å²) in [6.07, 6.45) is 0. The number of halogens is 2. The highest BCUT2D eigenvalue weighted by Gasteiger charge is 2.20. The summed E-state index contributed by atoms with van der Waals surface area (Å²) < 4.78 is 26.3. The van der Waals surface area contributed by atoms with E-state index in [1.165, 1.54) is 12.1 Å². The summed E-state index contributed by atoms with van der Waals surface area (Å²) in [5.41, 5.74) is 5.65. The van der Waals surface area contributed by atoms with Crippen molar-refractivity contribution in [2.45, 2.75) is 18.7 Å². The first-order valence-electron chi connectivity index (χ1n) is 4.99. The van der Waals surface area contributed by atoms with Gasteiger partial charge in [-0.2, -0.15) is 0 Å². The average Bonchev–Trinajstić information content (AvgIpc) is 2.23. The van der Waals surface area contributed by atoms with Crippen LogP contribution in [0.1, 0.15) is 13.8 Å². The highest BCUT2D eigenvalue weighted by atomic mass is 35.5. The molecular weight excluding hydrogens is 283 g/mol. The number of nitrogens with one attached hydrogen (secondary N) is 1.